The fraction of sp³-hybridized carbons (Fsp3) is 0.667. The predicted octanol–water partition coefficient (Wildman–Crippen LogP) is 3.38. The highest BCUT2D eigenvalue weighted by Gasteiger charge is 2.22. The van der Waals surface area contributed by atoms with E-state index in [1.165, 1.54) is 12.8 Å². The van der Waals surface area contributed by atoms with Crippen molar-refractivity contribution >= 4 is 5.97 Å². The van der Waals surface area contributed by atoms with E-state index in [4.69, 9.17) is 5.11 Å². The van der Waals surface area contributed by atoms with E-state index in [1.54, 1.807) is 0 Å². The molecule has 1 N–H and O–H groups in total. The first-order valence-corrected chi connectivity index (χ1v) is 7.25. The molecule has 1 aliphatic heterocycles. The zero-order chi connectivity index (χ0) is 14.1. The number of nitrogens with zero attached hydrogens (tertiary/aromatic N) is 2. The van der Waals surface area contributed by atoms with Gasteiger partial charge in [0.15, 0.2) is 0 Å². The molecule has 1 atom stereocenters. The van der Waals surface area contributed by atoms with Gasteiger partial charge in [-0.15, -0.1) is 0 Å². The summed E-state index contributed by atoms with van der Waals surface area (Å²) >= 11 is 0. The molecule has 0 saturated heterocycles. The molecule has 1 heterocycles. The maximum absolute atomic E-state index is 10.4. The molecule has 19 heavy (non-hydrogen) atoms. The average Bonchev–Trinajstić information content (AvgIpc) is 2.79. The van der Waals surface area contributed by atoms with Crippen LogP contribution in [0.25, 0.3) is 0 Å². The lowest BCUT2D eigenvalue weighted by Crippen LogP contribution is -2.35. The first-order chi connectivity index (χ1) is 9.19. The summed E-state index contributed by atoms with van der Waals surface area (Å²) in [7, 11) is 0. The molecule has 0 saturated carbocycles. The van der Waals surface area contributed by atoms with E-state index in [1.807, 2.05) is 6.20 Å². The highest BCUT2D eigenvalue weighted by atomic mass is 16.4. The van der Waals surface area contributed by atoms with Gasteiger partial charge in [0.05, 0.1) is 0 Å². The van der Waals surface area contributed by atoms with Crippen molar-refractivity contribution in [2.45, 2.75) is 58.0 Å². The number of hydrogen-bond acceptors (Lipinski definition) is 3. The molecule has 0 bridgehead atoms. The van der Waals surface area contributed by atoms with Crippen molar-refractivity contribution in [2.75, 3.05) is 6.54 Å². The number of hydrogen-bond donors (Lipinski definition) is 1. The van der Waals surface area contributed by atoms with Gasteiger partial charge < -0.3 is 14.9 Å². The fourth-order valence-electron chi connectivity index (χ4n) is 2.48. The second-order valence-electron chi connectivity index (χ2n) is 4.94. The van der Waals surface area contributed by atoms with E-state index in [9.17, 15) is 4.79 Å². The molecule has 0 radical (unpaired) electrons. The van der Waals surface area contributed by atoms with Crippen LogP contribution in [0, 0.1) is 0 Å². The molecule has 0 fully saturated rings. The molecule has 0 aromatic rings. The second-order valence-corrected chi connectivity index (χ2v) is 4.94. The standard InChI is InChI=1S/C15H26N2O2/c1-3-16-12-13-17(4-2)14(16)10-8-6-5-7-9-11-15(18)19/h3,12-14H,1,4-11H2,2H3,(H,18,19). The Bertz CT molecular complexity index is 315. The van der Waals surface area contributed by atoms with Gasteiger partial charge in [-0.25, -0.2) is 0 Å². The summed E-state index contributed by atoms with van der Waals surface area (Å²) in [5, 5.41) is 8.54. The lowest BCUT2D eigenvalue weighted by atomic mass is 10.1. The normalized spacial score (nSPS) is 18.1. The van der Waals surface area contributed by atoms with Crippen LogP contribution in [-0.2, 0) is 4.79 Å². The lowest BCUT2D eigenvalue weighted by Gasteiger charge is -2.29. The van der Waals surface area contributed by atoms with Gasteiger partial charge in [0, 0.05) is 25.4 Å². The molecule has 0 aromatic heterocycles. The number of carboxylic acid groups (broad SMARTS) is 1. The minimum atomic E-state index is -0.683. The van der Waals surface area contributed by atoms with Gasteiger partial charge in [0.2, 0.25) is 0 Å². The number of rotatable bonds is 10. The Balaban J connectivity index is 2.11. The predicted molar refractivity (Wildman–Crippen MR) is 77.3 cm³/mol. The fourth-order valence-corrected chi connectivity index (χ4v) is 2.48. The van der Waals surface area contributed by atoms with Crippen LogP contribution in [0.4, 0.5) is 0 Å². The monoisotopic (exact) mass is 266 g/mol. The quantitative estimate of drug-likeness (QED) is 0.616. The summed E-state index contributed by atoms with van der Waals surface area (Å²) in [6.07, 6.45) is 13.3. The molecule has 0 aliphatic carbocycles. The Hall–Kier alpha value is -1.45. The summed E-state index contributed by atoms with van der Waals surface area (Å²) in [5.41, 5.74) is 0. The van der Waals surface area contributed by atoms with Crippen LogP contribution >= 0.6 is 0 Å². The van der Waals surface area contributed by atoms with Crippen molar-refractivity contribution in [1.82, 2.24) is 9.80 Å². The summed E-state index contributed by atoms with van der Waals surface area (Å²) < 4.78 is 0. The molecular weight excluding hydrogens is 240 g/mol. The lowest BCUT2D eigenvalue weighted by molar-refractivity contribution is -0.137. The van der Waals surface area contributed by atoms with Crippen LogP contribution < -0.4 is 0 Å². The van der Waals surface area contributed by atoms with Crippen LogP contribution in [0.3, 0.4) is 0 Å². The first kappa shape index (κ1) is 15.6. The Morgan fingerprint density at radius 2 is 1.95 bits per heavy atom. The summed E-state index contributed by atoms with van der Waals surface area (Å²) in [5.74, 6) is -0.683. The summed E-state index contributed by atoms with van der Waals surface area (Å²) in [6, 6.07) is 0. The molecular formula is C15H26N2O2. The third-order valence-electron chi connectivity index (χ3n) is 3.59. The number of unbranched alkanes of at least 4 members (excludes halogenated alkanes) is 4. The van der Waals surface area contributed by atoms with Gasteiger partial charge in [-0.05, 0) is 32.4 Å². The van der Waals surface area contributed by atoms with Gasteiger partial charge in [0.1, 0.15) is 6.17 Å². The molecule has 0 spiro atoms. The minimum absolute atomic E-state index is 0.306. The SMILES string of the molecule is C=CN1C=CN(CC)C1CCCCCCCC(=O)O. The summed E-state index contributed by atoms with van der Waals surface area (Å²) in [4.78, 5) is 14.9. The van der Waals surface area contributed by atoms with Crippen LogP contribution in [0.1, 0.15) is 51.9 Å². The second kappa shape index (κ2) is 8.62. The zero-order valence-electron chi connectivity index (χ0n) is 11.9. The molecule has 0 amide bonds. The first-order valence-electron chi connectivity index (χ1n) is 7.25. The van der Waals surface area contributed by atoms with E-state index >= 15 is 0 Å². The number of carbonyl (C=O) groups is 1. The van der Waals surface area contributed by atoms with Crippen molar-refractivity contribution in [3.05, 3.63) is 25.2 Å². The average molecular weight is 266 g/mol. The van der Waals surface area contributed by atoms with Gasteiger partial charge in [-0.1, -0.05) is 25.8 Å². The molecule has 4 nitrogen and oxygen atoms in total. The van der Waals surface area contributed by atoms with Crippen LogP contribution in [0.15, 0.2) is 25.2 Å². The maximum atomic E-state index is 10.4. The van der Waals surface area contributed by atoms with E-state index in [0.29, 0.717) is 12.6 Å². The smallest absolute Gasteiger partial charge is 0.303 e. The van der Waals surface area contributed by atoms with Crippen LogP contribution in [0.2, 0.25) is 0 Å². The number of carboxylic acids is 1. The zero-order valence-corrected chi connectivity index (χ0v) is 11.9. The van der Waals surface area contributed by atoms with Crippen LogP contribution in [0.5, 0.6) is 0 Å². The maximum Gasteiger partial charge on any atom is 0.303 e. The van der Waals surface area contributed by atoms with Crippen molar-refractivity contribution in [1.29, 1.82) is 0 Å². The van der Waals surface area contributed by atoms with Gasteiger partial charge >= 0.3 is 5.97 Å². The molecule has 1 aliphatic rings. The van der Waals surface area contributed by atoms with Crippen molar-refractivity contribution in [3.63, 3.8) is 0 Å². The van der Waals surface area contributed by atoms with Crippen LogP contribution in [-0.4, -0.2) is 33.6 Å². The topological polar surface area (TPSA) is 43.8 Å². The Morgan fingerprint density at radius 3 is 2.58 bits per heavy atom. The molecule has 1 unspecified atom stereocenters. The van der Waals surface area contributed by atoms with Crippen molar-refractivity contribution in [2.24, 2.45) is 0 Å². The van der Waals surface area contributed by atoms with Crippen molar-refractivity contribution in [3.8, 4) is 0 Å². The molecule has 4 heteroatoms. The Morgan fingerprint density at radius 1 is 1.26 bits per heavy atom. The number of aliphatic carboxylic acids is 1. The minimum Gasteiger partial charge on any atom is -0.481 e. The third-order valence-corrected chi connectivity index (χ3v) is 3.59. The Labute approximate surface area is 116 Å². The van der Waals surface area contributed by atoms with Crippen molar-refractivity contribution < 1.29 is 9.90 Å². The van der Waals surface area contributed by atoms with Gasteiger partial charge in [-0.3, -0.25) is 4.79 Å². The van der Waals surface area contributed by atoms with E-state index < -0.39 is 5.97 Å². The Kier molecular flexibility index (Phi) is 7.08. The van der Waals surface area contributed by atoms with E-state index in [-0.39, 0.29) is 0 Å². The van der Waals surface area contributed by atoms with E-state index in [2.05, 4.69) is 35.7 Å². The molecule has 1 rings (SSSR count). The summed E-state index contributed by atoms with van der Waals surface area (Å²) in [6.45, 7) is 7.02. The molecule has 108 valence electrons. The van der Waals surface area contributed by atoms with Gasteiger partial charge in [0.25, 0.3) is 0 Å². The highest BCUT2D eigenvalue weighted by Crippen LogP contribution is 2.21. The van der Waals surface area contributed by atoms with E-state index in [0.717, 1.165) is 32.2 Å². The molecule has 0 aromatic carbocycles. The largest absolute Gasteiger partial charge is 0.481 e. The van der Waals surface area contributed by atoms with Gasteiger partial charge in [-0.2, -0.15) is 0 Å². The third kappa shape index (κ3) is 5.37. The highest BCUT2D eigenvalue weighted by molar-refractivity contribution is 5.66.